The fourth-order valence-corrected chi connectivity index (χ4v) is 2.35. The molecule has 0 aromatic rings. The van der Waals surface area contributed by atoms with Crippen LogP contribution in [0.5, 0.6) is 0 Å². The monoisotopic (exact) mass is 309 g/mol. The zero-order chi connectivity index (χ0) is 15.7. The minimum absolute atomic E-state index is 0.111. The van der Waals surface area contributed by atoms with Crippen LogP contribution >= 0.6 is 12.2 Å². The molecule has 9 heteroatoms. The minimum Gasteiger partial charge on any atom is -0.481 e. The second-order valence-corrected chi connectivity index (χ2v) is 4.82. The molecular formula is C11H14F3N3O2S. The van der Waals surface area contributed by atoms with Gasteiger partial charge in [0.2, 0.25) is 0 Å². The Morgan fingerprint density at radius 1 is 1.60 bits per heavy atom. The highest BCUT2D eigenvalue weighted by atomic mass is 32.1. The zero-order valence-electron chi connectivity index (χ0n) is 10.8. The lowest BCUT2D eigenvalue weighted by Crippen LogP contribution is -2.31. The number of carbonyl (C=O) groups is 1. The summed E-state index contributed by atoms with van der Waals surface area (Å²) in [5.41, 5.74) is -1.50. The lowest BCUT2D eigenvalue weighted by Gasteiger charge is -2.16. The van der Waals surface area contributed by atoms with Gasteiger partial charge in [-0.3, -0.25) is 4.79 Å². The Morgan fingerprint density at radius 3 is 2.55 bits per heavy atom. The van der Waals surface area contributed by atoms with Crippen molar-refractivity contribution in [2.45, 2.75) is 6.18 Å². The Labute approximate surface area is 118 Å². The van der Waals surface area contributed by atoms with Gasteiger partial charge in [0.05, 0.1) is 4.99 Å². The Morgan fingerprint density at radius 2 is 2.15 bits per heavy atom. The SMILES string of the molecule is CN/C(=C\C(=N)[C@H]1CN(C)C(=S)[C@@H]1C(=O)O)C(F)(F)F. The van der Waals surface area contributed by atoms with Crippen LogP contribution in [0.25, 0.3) is 0 Å². The number of thiocarbonyl (C=S) groups is 1. The van der Waals surface area contributed by atoms with E-state index in [-0.39, 0.29) is 11.5 Å². The molecule has 5 nitrogen and oxygen atoms in total. The molecule has 3 N–H and O–H groups in total. The third kappa shape index (κ3) is 3.27. The molecule has 0 spiro atoms. The summed E-state index contributed by atoms with van der Waals surface area (Å²) in [5.74, 6) is -3.28. The predicted molar refractivity (Wildman–Crippen MR) is 70.8 cm³/mol. The van der Waals surface area contributed by atoms with E-state index in [4.69, 9.17) is 22.7 Å². The van der Waals surface area contributed by atoms with Crippen LogP contribution in [0.4, 0.5) is 13.2 Å². The van der Waals surface area contributed by atoms with Crippen molar-refractivity contribution in [1.29, 1.82) is 5.41 Å². The second-order valence-electron chi connectivity index (χ2n) is 4.40. The highest BCUT2D eigenvalue weighted by molar-refractivity contribution is 7.80. The predicted octanol–water partition coefficient (Wildman–Crippen LogP) is 1.26. The first kappa shape index (κ1) is 16.4. The molecule has 0 aliphatic carbocycles. The Kier molecular flexibility index (Phi) is 4.74. The van der Waals surface area contributed by atoms with Crippen molar-refractivity contribution in [3.8, 4) is 0 Å². The van der Waals surface area contributed by atoms with Crippen molar-refractivity contribution >= 4 is 28.9 Å². The van der Waals surface area contributed by atoms with E-state index in [2.05, 4.69) is 0 Å². The minimum atomic E-state index is -4.62. The molecule has 2 atom stereocenters. The average Bonchev–Trinajstić information content (AvgIpc) is 2.61. The normalized spacial score (nSPS) is 23.9. The van der Waals surface area contributed by atoms with Crippen molar-refractivity contribution in [2.75, 3.05) is 20.6 Å². The van der Waals surface area contributed by atoms with E-state index in [0.717, 1.165) is 7.05 Å². The summed E-state index contributed by atoms with van der Waals surface area (Å²) in [6.07, 6.45) is -4.01. The van der Waals surface area contributed by atoms with Crippen LogP contribution < -0.4 is 5.32 Å². The molecule has 0 amide bonds. The maximum Gasteiger partial charge on any atom is 0.430 e. The van der Waals surface area contributed by atoms with Crippen LogP contribution in [0.15, 0.2) is 11.8 Å². The number of aliphatic carboxylic acids is 1. The van der Waals surface area contributed by atoms with Crippen molar-refractivity contribution in [1.82, 2.24) is 10.2 Å². The second kappa shape index (κ2) is 5.78. The molecule has 0 unspecified atom stereocenters. The van der Waals surface area contributed by atoms with E-state index >= 15 is 0 Å². The molecule has 20 heavy (non-hydrogen) atoms. The standard InChI is InChI=1S/C11H14F3N3O2S/c1-16-7(11(12,13)14)3-6(15)5-4-17(2)9(20)8(5)10(18)19/h3,5,8,15-16H,4H2,1-2H3,(H,18,19)/b7-3-,15-6?/t5-,8-/m1/s1. The lowest BCUT2D eigenvalue weighted by molar-refractivity contribution is -0.139. The van der Waals surface area contributed by atoms with Crippen molar-refractivity contribution < 1.29 is 23.1 Å². The van der Waals surface area contributed by atoms with Crippen LogP contribution in [0.1, 0.15) is 0 Å². The van der Waals surface area contributed by atoms with Crippen LogP contribution in [0.3, 0.4) is 0 Å². The van der Waals surface area contributed by atoms with E-state index in [1.54, 1.807) is 7.05 Å². The maximum absolute atomic E-state index is 12.6. The molecule has 1 heterocycles. The van der Waals surface area contributed by atoms with Crippen LogP contribution in [0.2, 0.25) is 0 Å². The summed E-state index contributed by atoms with van der Waals surface area (Å²) in [5, 5.41) is 18.8. The van der Waals surface area contributed by atoms with E-state index in [1.165, 1.54) is 4.90 Å². The molecule has 1 aliphatic heterocycles. The van der Waals surface area contributed by atoms with Gasteiger partial charge >= 0.3 is 12.1 Å². The Balaban J connectivity index is 3.05. The molecular weight excluding hydrogens is 295 g/mol. The number of alkyl halides is 3. The van der Waals surface area contributed by atoms with Crippen LogP contribution in [-0.4, -0.2) is 53.5 Å². The van der Waals surface area contributed by atoms with Gasteiger partial charge in [-0.2, -0.15) is 13.2 Å². The number of hydrogen-bond donors (Lipinski definition) is 3. The van der Waals surface area contributed by atoms with E-state index < -0.39 is 35.4 Å². The Bertz CT molecular complexity index is 476. The number of likely N-dealkylation sites (tertiary alicyclic amines) is 1. The highest BCUT2D eigenvalue weighted by Gasteiger charge is 2.43. The first-order valence-electron chi connectivity index (χ1n) is 5.62. The first-order chi connectivity index (χ1) is 9.09. The van der Waals surface area contributed by atoms with Gasteiger partial charge in [-0.25, -0.2) is 0 Å². The fourth-order valence-electron chi connectivity index (χ4n) is 2.01. The van der Waals surface area contributed by atoms with Gasteiger partial charge in [-0.1, -0.05) is 12.2 Å². The molecule has 0 saturated carbocycles. The molecule has 0 radical (unpaired) electrons. The molecule has 112 valence electrons. The quantitative estimate of drug-likeness (QED) is 0.538. The van der Waals surface area contributed by atoms with Gasteiger partial charge in [-0.15, -0.1) is 0 Å². The molecule has 1 fully saturated rings. The third-order valence-corrected chi connectivity index (χ3v) is 3.62. The van der Waals surface area contributed by atoms with Crippen LogP contribution in [-0.2, 0) is 4.79 Å². The molecule has 1 aliphatic rings. The van der Waals surface area contributed by atoms with Gasteiger partial charge in [0.15, 0.2) is 0 Å². The molecule has 0 aromatic heterocycles. The molecule has 1 rings (SSSR count). The summed E-state index contributed by atoms with van der Waals surface area (Å²) in [6.45, 7) is 0.111. The topological polar surface area (TPSA) is 76.4 Å². The van der Waals surface area contributed by atoms with Crippen molar-refractivity contribution in [2.24, 2.45) is 11.8 Å². The number of carboxylic acids is 1. The summed E-state index contributed by atoms with van der Waals surface area (Å²) < 4.78 is 37.8. The summed E-state index contributed by atoms with van der Waals surface area (Å²) >= 11 is 4.94. The van der Waals surface area contributed by atoms with Gasteiger partial charge in [0, 0.05) is 32.3 Å². The number of halogens is 3. The summed E-state index contributed by atoms with van der Waals surface area (Å²) in [7, 11) is 2.64. The smallest absolute Gasteiger partial charge is 0.430 e. The van der Waals surface area contributed by atoms with Crippen molar-refractivity contribution in [3.05, 3.63) is 11.8 Å². The van der Waals surface area contributed by atoms with Crippen LogP contribution in [0, 0.1) is 17.2 Å². The zero-order valence-corrected chi connectivity index (χ0v) is 11.6. The summed E-state index contributed by atoms with van der Waals surface area (Å²) in [6, 6.07) is 0. The van der Waals surface area contributed by atoms with E-state index in [1.807, 2.05) is 5.32 Å². The number of carboxylic acid groups (broad SMARTS) is 1. The first-order valence-corrected chi connectivity index (χ1v) is 6.03. The van der Waals surface area contributed by atoms with Gasteiger partial charge in [-0.05, 0) is 6.08 Å². The number of allylic oxidation sites excluding steroid dienone is 2. The fraction of sp³-hybridized carbons (Fsp3) is 0.545. The highest BCUT2D eigenvalue weighted by Crippen LogP contribution is 2.29. The average molecular weight is 309 g/mol. The number of rotatable bonds is 4. The molecule has 0 bridgehead atoms. The van der Waals surface area contributed by atoms with Gasteiger partial charge in [0.25, 0.3) is 0 Å². The number of nitrogens with zero attached hydrogens (tertiary/aromatic N) is 1. The van der Waals surface area contributed by atoms with Gasteiger partial charge in [0.1, 0.15) is 11.6 Å². The molecule has 1 saturated heterocycles. The summed E-state index contributed by atoms with van der Waals surface area (Å²) in [4.78, 5) is 12.7. The number of hydrogen-bond acceptors (Lipinski definition) is 4. The maximum atomic E-state index is 12.6. The number of nitrogens with one attached hydrogen (secondary N) is 2. The third-order valence-electron chi connectivity index (χ3n) is 3.06. The molecule has 0 aromatic carbocycles. The Hall–Kier alpha value is -1.64. The van der Waals surface area contributed by atoms with Gasteiger partial charge < -0.3 is 20.7 Å². The van der Waals surface area contributed by atoms with E-state index in [9.17, 15) is 18.0 Å². The largest absolute Gasteiger partial charge is 0.481 e. The van der Waals surface area contributed by atoms with E-state index in [0.29, 0.717) is 6.08 Å². The lowest BCUT2D eigenvalue weighted by atomic mass is 9.91. The van der Waals surface area contributed by atoms with Crippen molar-refractivity contribution in [3.63, 3.8) is 0 Å².